The van der Waals surface area contributed by atoms with E-state index in [0.29, 0.717) is 0 Å². The first kappa shape index (κ1) is 11.7. The van der Waals surface area contributed by atoms with E-state index in [2.05, 4.69) is 0 Å². The maximum absolute atomic E-state index is 10.5. The zero-order chi connectivity index (χ0) is 11.6. The molecule has 0 heterocycles. The predicted molar refractivity (Wildman–Crippen MR) is 53.8 cm³/mol. The van der Waals surface area contributed by atoms with E-state index in [-0.39, 0.29) is 10.6 Å². The second-order valence-corrected chi connectivity index (χ2v) is 3.35. The van der Waals surface area contributed by atoms with Crippen LogP contribution >= 0.6 is 11.6 Å². The Kier molecular flexibility index (Phi) is 3.46. The fraction of sp³-hybridized carbons (Fsp3) is 0.250. The zero-order valence-corrected chi connectivity index (χ0v) is 8.31. The van der Waals surface area contributed by atoms with E-state index in [1.807, 2.05) is 0 Å². The van der Waals surface area contributed by atoms with Gasteiger partial charge in [-0.3, -0.25) is 10.1 Å². The van der Waals surface area contributed by atoms with Crippen molar-refractivity contribution in [3.63, 3.8) is 0 Å². The van der Waals surface area contributed by atoms with E-state index in [1.165, 1.54) is 6.07 Å². The second kappa shape index (κ2) is 4.43. The number of nitrogens with two attached hydrogens (primary N) is 1. The van der Waals surface area contributed by atoms with Crippen molar-refractivity contribution in [1.29, 1.82) is 0 Å². The van der Waals surface area contributed by atoms with Gasteiger partial charge in [0.25, 0.3) is 0 Å². The van der Waals surface area contributed by atoms with Gasteiger partial charge in [0.15, 0.2) is 5.75 Å². The maximum atomic E-state index is 10.5. The van der Waals surface area contributed by atoms with Crippen LogP contribution in [0.15, 0.2) is 12.1 Å². The largest absolute Gasteiger partial charge is 0.502 e. The first-order valence-electron chi connectivity index (χ1n) is 4.00. The Labute approximate surface area is 90.0 Å². The Hall–Kier alpha value is -1.37. The fourth-order valence-corrected chi connectivity index (χ4v) is 1.35. The molecule has 0 saturated carbocycles. The molecule has 0 aliphatic rings. The van der Waals surface area contributed by atoms with Crippen LogP contribution in [0.2, 0.25) is 5.02 Å². The Morgan fingerprint density at radius 3 is 2.67 bits per heavy atom. The number of aliphatic hydroxyl groups excluding tert-OH is 1. The summed E-state index contributed by atoms with van der Waals surface area (Å²) < 4.78 is 0. The molecule has 4 N–H and O–H groups in total. The Balaban J connectivity index is 3.34. The molecule has 0 amide bonds. The van der Waals surface area contributed by atoms with Gasteiger partial charge in [0, 0.05) is 16.7 Å². The maximum Gasteiger partial charge on any atom is 0.312 e. The number of benzene rings is 1. The van der Waals surface area contributed by atoms with Gasteiger partial charge in [-0.15, -0.1) is 0 Å². The van der Waals surface area contributed by atoms with E-state index in [4.69, 9.17) is 22.4 Å². The highest BCUT2D eigenvalue weighted by Gasteiger charge is 2.21. The van der Waals surface area contributed by atoms with Gasteiger partial charge >= 0.3 is 5.69 Å². The summed E-state index contributed by atoms with van der Waals surface area (Å²) in [6.45, 7) is -0.439. The average molecular weight is 233 g/mol. The molecule has 0 radical (unpaired) electrons. The minimum Gasteiger partial charge on any atom is -0.502 e. The molecule has 1 aromatic carbocycles. The molecule has 1 atom stereocenters. The summed E-state index contributed by atoms with van der Waals surface area (Å²) in [5.74, 6) is -0.564. The molecule has 0 unspecified atom stereocenters. The van der Waals surface area contributed by atoms with Crippen LogP contribution < -0.4 is 5.73 Å². The van der Waals surface area contributed by atoms with Crippen LogP contribution in [0.4, 0.5) is 5.69 Å². The van der Waals surface area contributed by atoms with Crippen molar-refractivity contribution in [2.75, 3.05) is 6.61 Å². The molecule has 0 bridgehead atoms. The molecule has 0 fully saturated rings. The Morgan fingerprint density at radius 2 is 2.20 bits per heavy atom. The Morgan fingerprint density at radius 1 is 1.60 bits per heavy atom. The number of nitro groups is 1. The van der Waals surface area contributed by atoms with Crippen molar-refractivity contribution in [2.24, 2.45) is 5.73 Å². The summed E-state index contributed by atoms with van der Waals surface area (Å²) >= 11 is 5.61. The van der Waals surface area contributed by atoms with Crippen LogP contribution in [0.5, 0.6) is 5.75 Å². The van der Waals surface area contributed by atoms with E-state index < -0.39 is 29.0 Å². The summed E-state index contributed by atoms with van der Waals surface area (Å²) in [6.07, 6.45) is 0. The number of halogens is 1. The zero-order valence-electron chi connectivity index (χ0n) is 7.55. The quantitative estimate of drug-likeness (QED) is 0.531. The van der Waals surface area contributed by atoms with Gasteiger partial charge in [0.2, 0.25) is 0 Å². The van der Waals surface area contributed by atoms with Gasteiger partial charge in [-0.1, -0.05) is 11.6 Å². The highest BCUT2D eigenvalue weighted by atomic mass is 35.5. The van der Waals surface area contributed by atoms with E-state index in [9.17, 15) is 15.2 Å². The average Bonchev–Trinajstić information content (AvgIpc) is 2.19. The molecular formula is C8H9ClN2O4. The number of hydrogen-bond donors (Lipinski definition) is 3. The molecule has 0 aliphatic heterocycles. The van der Waals surface area contributed by atoms with E-state index >= 15 is 0 Å². The first-order chi connectivity index (χ1) is 6.97. The number of aliphatic hydroxyl groups is 1. The minimum atomic E-state index is -0.901. The summed E-state index contributed by atoms with van der Waals surface area (Å²) in [5, 5.41) is 28.9. The lowest BCUT2D eigenvalue weighted by Gasteiger charge is -2.10. The SMILES string of the molecule is N[C@@H](CO)c1cc(Cl)cc([N+](=O)[O-])c1O. The lowest BCUT2D eigenvalue weighted by Crippen LogP contribution is -2.15. The second-order valence-electron chi connectivity index (χ2n) is 2.91. The number of phenols is 1. The summed E-state index contributed by atoms with van der Waals surface area (Å²) in [4.78, 5) is 9.75. The molecule has 1 rings (SSSR count). The highest BCUT2D eigenvalue weighted by molar-refractivity contribution is 6.31. The number of phenolic OH excluding ortho intramolecular Hbond substituents is 1. The molecule has 1 aromatic rings. The van der Waals surface area contributed by atoms with Crippen molar-refractivity contribution >= 4 is 17.3 Å². The molecule has 15 heavy (non-hydrogen) atoms. The standard InChI is InChI=1S/C8H9ClN2O4/c9-4-1-5(6(10)3-12)8(13)7(2-4)11(14)15/h1-2,6,12-13H,3,10H2/t6-/m0/s1. The minimum absolute atomic E-state index is 0.0525. The molecule has 6 nitrogen and oxygen atoms in total. The van der Waals surface area contributed by atoms with Gasteiger partial charge in [-0.2, -0.15) is 0 Å². The molecule has 0 spiro atoms. The van der Waals surface area contributed by atoms with Crippen molar-refractivity contribution in [2.45, 2.75) is 6.04 Å². The van der Waals surface area contributed by atoms with Crippen LogP contribution in [-0.2, 0) is 0 Å². The normalized spacial score (nSPS) is 12.5. The van der Waals surface area contributed by atoms with E-state index in [0.717, 1.165) is 6.07 Å². The van der Waals surface area contributed by atoms with E-state index in [1.54, 1.807) is 0 Å². The van der Waals surface area contributed by atoms with Crippen LogP contribution in [-0.4, -0.2) is 21.7 Å². The van der Waals surface area contributed by atoms with Gasteiger partial charge in [0.05, 0.1) is 17.6 Å². The van der Waals surface area contributed by atoms with Crippen LogP contribution in [0.3, 0.4) is 0 Å². The van der Waals surface area contributed by atoms with Crippen LogP contribution in [0.1, 0.15) is 11.6 Å². The van der Waals surface area contributed by atoms with Crippen molar-refractivity contribution < 1.29 is 15.1 Å². The summed E-state index contributed by atoms with van der Waals surface area (Å²) in [5.41, 5.74) is 4.97. The molecule has 0 saturated heterocycles. The molecule has 82 valence electrons. The van der Waals surface area contributed by atoms with Crippen molar-refractivity contribution in [3.8, 4) is 5.75 Å². The number of nitrogens with zero attached hydrogens (tertiary/aromatic N) is 1. The van der Waals surface area contributed by atoms with Gasteiger partial charge in [0.1, 0.15) is 0 Å². The predicted octanol–water partition coefficient (Wildman–Crippen LogP) is 0.946. The Bertz CT molecular complexity index is 396. The summed E-state index contributed by atoms with van der Waals surface area (Å²) in [6, 6.07) is 1.40. The van der Waals surface area contributed by atoms with Gasteiger partial charge in [-0.25, -0.2) is 0 Å². The first-order valence-corrected chi connectivity index (χ1v) is 4.38. The third-order valence-corrected chi connectivity index (χ3v) is 2.10. The van der Waals surface area contributed by atoms with Crippen molar-refractivity contribution in [3.05, 3.63) is 32.8 Å². The number of hydrogen-bond acceptors (Lipinski definition) is 5. The smallest absolute Gasteiger partial charge is 0.312 e. The third kappa shape index (κ3) is 2.35. The van der Waals surface area contributed by atoms with Gasteiger partial charge < -0.3 is 15.9 Å². The number of nitro benzene ring substituents is 1. The molecule has 7 heteroatoms. The lowest BCUT2D eigenvalue weighted by atomic mass is 10.1. The fourth-order valence-electron chi connectivity index (χ4n) is 1.13. The topological polar surface area (TPSA) is 110 Å². The monoisotopic (exact) mass is 232 g/mol. The molecule has 0 aliphatic carbocycles. The van der Waals surface area contributed by atoms with Crippen molar-refractivity contribution in [1.82, 2.24) is 0 Å². The third-order valence-electron chi connectivity index (χ3n) is 1.88. The van der Waals surface area contributed by atoms with Gasteiger partial charge in [-0.05, 0) is 6.07 Å². The molecule has 0 aromatic heterocycles. The number of rotatable bonds is 3. The summed E-state index contributed by atoms with van der Waals surface area (Å²) in [7, 11) is 0. The highest BCUT2D eigenvalue weighted by Crippen LogP contribution is 2.35. The number of aromatic hydroxyl groups is 1. The van der Waals surface area contributed by atoms with Crippen LogP contribution in [0.25, 0.3) is 0 Å². The lowest BCUT2D eigenvalue weighted by molar-refractivity contribution is -0.385. The molecular weight excluding hydrogens is 224 g/mol. The van der Waals surface area contributed by atoms with Crippen LogP contribution in [0, 0.1) is 10.1 Å².